The number of pyridine rings is 1. The minimum Gasteiger partial charge on any atom is -0.255 e. The number of fused-ring (bicyclic) bond motifs is 2. The zero-order valence-electron chi connectivity index (χ0n) is 16.5. The number of nitriles is 1. The molecule has 2 aromatic carbocycles. The van der Waals surface area contributed by atoms with Gasteiger partial charge in [-0.25, -0.2) is 0 Å². The highest BCUT2D eigenvalue weighted by molar-refractivity contribution is 6.91. The van der Waals surface area contributed by atoms with Gasteiger partial charge in [0.2, 0.25) is 0 Å². The molecule has 0 bridgehead atoms. The summed E-state index contributed by atoms with van der Waals surface area (Å²) in [5.74, 6) is 0. The first-order chi connectivity index (χ1) is 13.0. The molecule has 0 unspecified atom stereocenters. The lowest BCUT2D eigenvalue weighted by molar-refractivity contribution is 0.712. The Morgan fingerprint density at radius 1 is 0.926 bits per heavy atom. The fourth-order valence-corrected chi connectivity index (χ4v) is 6.82. The van der Waals surface area contributed by atoms with Crippen molar-refractivity contribution in [1.29, 1.82) is 5.26 Å². The van der Waals surface area contributed by atoms with Gasteiger partial charge >= 0.3 is 0 Å². The molecule has 27 heavy (non-hydrogen) atoms. The maximum atomic E-state index is 10.1. The molecular formula is C24H26N2Si. The van der Waals surface area contributed by atoms with Gasteiger partial charge in [0.1, 0.15) is 6.07 Å². The molecule has 0 fully saturated rings. The first kappa shape index (κ1) is 17.9. The molecule has 0 N–H and O–H groups in total. The summed E-state index contributed by atoms with van der Waals surface area (Å²) < 4.78 is 0. The van der Waals surface area contributed by atoms with Gasteiger partial charge in [0.05, 0.1) is 19.2 Å². The van der Waals surface area contributed by atoms with Crippen LogP contribution in [-0.2, 0) is 12.8 Å². The molecule has 0 radical (unpaired) electrons. The van der Waals surface area contributed by atoms with Crippen LogP contribution in [0.5, 0.6) is 0 Å². The zero-order chi connectivity index (χ0) is 19.0. The van der Waals surface area contributed by atoms with Gasteiger partial charge in [-0.05, 0) is 59.2 Å². The molecule has 2 nitrogen and oxygen atoms in total. The van der Waals surface area contributed by atoms with Crippen LogP contribution in [0.2, 0.25) is 19.6 Å². The van der Waals surface area contributed by atoms with Crippen LogP contribution in [0.4, 0.5) is 0 Å². The second-order valence-corrected chi connectivity index (χ2v) is 13.6. The van der Waals surface area contributed by atoms with Gasteiger partial charge < -0.3 is 0 Å². The van der Waals surface area contributed by atoms with Gasteiger partial charge in [0, 0.05) is 11.6 Å². The Morgan fingerprint density at radius 2 is 1.63 bits per heavy atom. The van der Waals surface area contributed by atoms with Crippen molar-refractivity contribution in [2.24, 2.45) is 0 Å². The molecular weight excluding hydrogens is 344 g/mol. The van der Waals surface area contributed by atoms with E-state index in [-0.39, 0.29) is 0 Å². The minimum atomic E-state index is -1.65. The van der Waals surface area contributed by atoms with Crippen molar-refractivity contribution in [3.05, 3.63) is 59.3 Å². The molecule has 136 valence electrons. The van der Waals surface area contributed by atoms with E-state index in [4.69, 9.17) is 4.98 Å². The Balaban J connectivity index is 2.21. The quantitative estimate of drug-likeness (QED) is 0.436. The minimum absolute atomic E-state index is 0.821. The first-order valence-corrected chi connectivity index (χ1v) is 13.4. The summed E-state index contributed by atoms with van der Waals surface area (Å²) in [7, 11) is -1.65. The molecule has 0 spiro atoms. The van der Waals surface area contributed by atoms with Crippen LogP contribution in [-0.4, -0.2) is 13.1 Å². The van der Waals surface area contributed by atoms with E-state index in [0.29, 0.717) is 0 Å². The van der Waals surface area contributed by atoms with E-state index in [1.54, 1.807) is 0 Å². The number of hydrogen-bond acceptors (Lipinski definition) is 2. The molecule has 4 rings (SSSR count). The van der Waals surface area contributed by atoms with Crippen LogP contribution in [0.15, 0.2) is 42.6 Å². The monoisotopic (exact) mass is 370 g/mol. The Labute approximate surface area is 162 Å². The number of hydrogen-bond donors (Lipinski definition) is 0. The molecule has 0 aliphatic heterocycles. The lowest BCUT2D eigenvalue weighted by Gasteiger charge is -2.27. The number of aromatic nitrogens is 1. The van der Waals surface area contributed by atoms with Crippen LogP contribution in [0.25, 0.3) is 22.0 Å². The topological polar surface area (TPSA) is 36.7 Å². The van der Waals surface area contributed by atoms with E-state index in [9.17, 15) is 5.26 Å². The summed E-state index contributed by atoms with van der Waals surface area (Å²) in [4.78, 5) is 4.75. The first-order valence-electron chi connectivity index (χ1n) is 9.95. The van der Waals surface area contributed by atoms with Crippen molar-refractivity contribution in [3.63, 3.8) is 0 Å². The molecule has 3 heteroatoms. The lowest BCUT2D eigenvalue weighted by atomic mass is 9.91. The van der Waals surface area contributed by atoms with Crippen molar-refractivity contribution in [1.82, 2.24) is 4.98 Å². The van der Waals surface area contributed by atoms with Gasteiger partial charge in [0.15, 0.2) is 0 Å². The lowest BCUT2D eigenvalue weighted by Crippen LogP contribution is -2.42. The average molecular weight is 371 g/mol. The molecule has 1 aromatic heterocycles. The predicted molar refractivity (Wildman–Crippen MR) is 116 cm³/mol. The van der Waals surface area contributed by atoms with Gasteiger partial charge in [-0.1, -0.05) is 56.4 Å². The van der Waals surface area contributed by atoms with Gasteiger partial charge in [0.25, 0.3) is 0 Å². The third-order valence-electron chi connectivity index (χ3n) is 5.71. The highest BCUT2D eigenvalue weighted by atomic mass is 28.3. The van der Waals surface area contributed by atoms with E-state index in [1.165, 1.54) is 52.1 Å². The maximum absolute atomic E-state index is 10.1. The standard InChI is InChI=1S/C24H26N2Si/c1-27(2,3)24-20-13-9-5-8-12-19(20)21(16-25)23-22(24)18(14-15-26-23)17-10-6-4-7-11-17/h4,6-7,10-11,14-15H,5,8-9,12-13H2,1-3H3. The summed E-state index contributed by atoms with van der Waals surface area (Å²) >= 11 is 0. The average Bonchev–Trinajstić information content (AvgIpc) is 2.91. The van der Waals surface area contributed by atoms with E-state index >= 15 is 0 Å². The molecule has 0 atom stereocenters. The van der Waals surface area contributed by atoms with E-state index in [1.807, 2.05) is 6.20 Å². The van der Waals surface area contributed by atoms with Gasteiger partial charge in [-0.15, -0.1) is 0 Å². The summed E-state index contributed by atoms with van der Waals surface area (Å²) in [5, 5.41) is 12.8. The van der Waals surface area contributed by atoms with Crippen LogP contribution in [0.1, 0.15) is 36.0 Å². The third-order valence-corrected chi connectivity index (χ3v) is 7.76. The molecule has 3 aromatic rings. The van der Waals surface area contributed by atoms with Crippen LogP contribution >= 0.6 is 0 Å². The molecule has 1 aliphatic carbocycles. The summed E-state index contributed by atoms with van der Waals surface area (Å²) in [6, 6.07) is 15.2. The Hall–Kier alpha value is -2.44. The van der Waals surface area contributed by atoms with E-state index < -0.39 is 8.07 Å². The fraction of sp³-hybridized carbons (Fsp3) is 0.333. The molecule has 0 saturated heterocycles. The summed E-state index contributed by atoms with van der Waals surface area (Å²) in [6.07, 6.45) is 7.65. The maximum Gasteiger partial charge on any atom is 0.102 e. The Bertz CT molecular complexity index is 1040. The Kier molecular flexibility index (Phi) is 4.61. The number of nitrogens with zero attached hydrogens (tertiary/aromatic N) is 2. The van der Waals surface area contributed by atoms with Crippen molar-refractivity contribution in [2.75, 3.05) is 0 Å². The molecule has 0 amide bonds. The third kappa shape index (κ3) is 3.09. The summed E-state index contributed by atoms with van der Waals surface area (Å²) in [6.45, 7) is 7.29. The van der Waals surface area contributed by atoms with Crippen LogP contribution in [0.3, 0.4) is 0 Å². The molecule has 0 saturated carbocycles. The van der Waals surface area contributed by atoms with Gasteiger partial charge in [-0.2, -0.15) is 5.26 Å². The van der Waals surface area contributed by atoms with Crippen molar-refractivity contribution in [3.8, 4) is 17.2 Å². The fourth-order valence-electron chi connectivity index (χ4n) is 4.64. The Morgan fingerprint density at radius 3 is 2.30 bits per heavy atom. The highest BCUT2D eigenvalue weighted by Crippen LogP contribution is 2.35. The number of rotatable bonds is 2. The summed E-state index contributed by atoms with van der Waals surface area (Å²) in [5.41, 5.74) is 6.93. The van der Waals surface area contributed by atoms with Crippen molar-refractivity contribution >= 4 is 24.2 Å². The SMILES string of the molecule is C[Si](C)(C)c1c2c(c(C#N)c3nccc(-c4ccccc4)c13)CCCCC2. The smallest absolute Gasteiger partial charge is 0.102 e. The van der Waals surface area contributed by atoms with Gasteiger partial charge in [-0.3, -0.25) is 4.98 Å². The van der Waals surface area contributed by atoms with E-state index in [0.717, 1.165) is 23.9 Å². The van der Waals surface area contributed by atoms with Crippen molar-refractivity contribution in [2.45, 2.75) is 51.7 Å². The molecule has 1 heterocycles. The second-order valence-electron chi connectivity index (χ2n) is 8.58. The number of benzene rings is 2. The molecule has 1 aliphatic rings. The highest BCUT2D eigenvalue weighted by Gasteiger charge is 2.30. The zero-order valence-corrected chi connectivity index (χ0v) is 17.5. The largest absolute Gasteiger partial charge is 0.255 e. The van der Waals surface area contributed by atoms with Crippen LogP contribution < -0.4 is 5.19 Å². The predicted octanol–water partition coefficient (Wildman–Crippen LogP) is 5.59. The second kappa shape index (κ2) is 6.94. The van der Waals surface area contributed by atoms with Crippen LogP contribution in [0, 0.1) is 11.3 Å². The normalized spacial score (nSPS) is 14.4. The van der Waals surface area contributed by atoms with Crippen molar-refractivity contribution < 1.29 is 0 Å². The van der Waals surface area contributed by atoms with E-state index in [2.05, 4.69) is 62.1 Å².